The molecule has 0 aliphatic rings. The second-order valence-corrected chi connectivity index (χ2v) is 6.17. The summed E-state index contributed by atoms with van der Waals surface area (Å²) in [6.45, 7) is 3.98. The van der Waals surface area contributed by atoms with Crippen LogP contribution in [0.25, 0.3) is 0 Å². The Balaban J connectivity index is 2.66. The highest BCUT2D eigenvalue weighted by Gasteiger charge is 2.16. The molecule has 7 heteroatoms. The summed E-state index contributed by atoms with van der Waals surface area (Å²) < 4.78 is 0. The molecule has 2 amide bonds. The molecule has 0 aliphatic carbocycles. The van der Waals surface area contributed by atoms with E-state index < -0.39 is 0 Å². The van der Waals surface area contributed by atoms with E-state index in [4.69, 9.17) is 0 Å². The normalized spacial score (nSPS) is 10.5. The van der Waals surface area contributed by atoms with Gasteiger partial charge in [-0.15, -0.1) is 0 Å². The van der Waals surface area contributed by atoms with Crippen molar-refractivity contribution in [3.05, 3.63) is 17.0 Å². The van der Waals surface area contributed by atoms with Crippen molar-refractivity contribution in [1.29, 1.82) is 0 Å². The van der Waals surface area contributed by atoms with E-state index in [1.807, 2.05) is 20.1 Å². The monoisotopic (exact) mass is 324 g/mol. The quantitative estimate of drug-likeness (QED) is 0.583. The van der Waals surface area contributed by atoms with Gasteiger partial charge >= 0.3 is 0 Å². The topological polar surface area (TPSA) is 66.4 Å². The van der Waals surface area contributed by atoms with Gasteiger partial charge in [-0.2, -0.15) is 0 Å². The van der Waals surface area contributed by atoms with Gasteiger partial charge in [0.2, 0.25) is 11.8 Å². The number of carbonyl (C=O) groups excluding carboxylic acids is 2. The van der Waals surface area contributed by atoms with Crippen LogP contribution in [0.15, 0.2) is 5.16 Å². The number of hydrogen-bond donors (Lipinski definition) is 0. The zero-order valence-corrected chi connectivity index (χ0v) is 15.0. The maximum atomic E-state index is 12.1. The molecule has 0 aliphatic heterocycles. The lowest BCUT2D eigenvalue weighted by Gasteiger charge is -2.19. The molecular weight excluding hydrogens is 300 g/mol. The molecule has 0 saturated heterocycles. The van der Waals surface area contributed by atoms with E-state index in [2.05, 4.69) is 9.97 Å². The number of thioether (sulfide) groups is 1. The van der Waals surface area contributed by atoms with Crippen LogP contribution in [0.4, 0.5) is 0 Å². The lowest BCUT2D eigenvalue weighted by Crippen LogP contribution is -2.37. The van der Waals surface area contributed by atoms with Crippen molar-refractivity contribution in [3.63, 3.8) is 0 Å². The number of likely N-dealkylation sites (N-methyl/N-ethyl adjacent to an activating group) is 2. The predicted molar refractivity (Wildman–Crippen MR) is 87.9 cm³/mol. The molecule has 1 heterocycles. The van der Waals surface area contributed by atoms with E-state index >= 15 is 0 Å². The minimum Gasteiger partial charge on any atom is -0.347 e. The van der Waals surface area contributed by atoms with Gasteiger partial charge in [0.15, 0.2) is 5.16 Å². The summed E-state index contributed by atoms with van der Waals surface area (Å²) in [7, 11) is 5.01. The molecule has 0 atom stereocenters. The van der Waals surface area contributed by atoms with Gasteiger partial charge in [-0.25, -0.2) is 9.97 Å². The van der Waals surface area contributed by atoms with Crippen LogP contribution in [0.1, 0.15) is 23.4 Å². The van der Waals surface area contributed by atoms with Crippen LogP contribution >= 0.6 is 11.8 Å². The molecule has 122 valence electrons. The number of amides is 2. The summed E-state index contributed by atoms with van der Waals surface area (Å²) in [5.41, 5.74) is 2.84. The summed E-state index contributed by atoms with van der Waals surface area (Å²) >= 11 is 1.51. The average molecular weight is 324 g/mol. The third-order valence-corrected chi connectivity index (χ3v) is 4.02. The van der Waals surface area contributed by atoms with Crippen molar-refractivity contribution in [3.8, 4) is 0 Å². The van der Waals surface area contributed by atoms with Gasteiger partial charge in [-0.1, -0.05) is 11.8 Å². The van der Waals surface area contributed by atoms with E-state index in [1.165, 1.54) is 21.6 Å². The van der Waals surface area contributed by atoms with Crippen molar-refractivity contribution in [2.75, 3.05) is 33.9 Å². The molecule has 0 bridgehead atoms. The molecule has 0 radical (unpaired) electrons. The van der Waals surface area contributed by atoms with E-state index in [-0.39, 0.29) is 18.4 Å². The third kappa shape index (κ3) is 4.98. The zero-order valence-electron chi connectivity index (χ0n) is 14.1. The number of aryl methyl sites for hydroxylation is 2. The Bertz CT molecular complexity index is 537. The fraction of sp³-hybridized carbons (Fsp3) is 0.600. The SMILES string of the molecule is CSc1nc(C)c(CCC(=O)N(C)CC(=O)N(C)C)c(C)n1. The van der Waals surface area contributed by atoms with Crippen molar-refractivity contribution in [1.82, 2.24) is 19.8 Å². The number of hydrogen-bond acceptors (Lipinski definition) is 5. The second kappa shape index (κ2) is 8.12. The maximum absolute atomic E-state index is 12.1. The van der Waals surface area contributed by atoms with Gasteiger partial charge in [0.05, 0.1) is 6.54 Å². The predicted octanol–water partition coefficient (Wildman–Crippen LogP) is 1.29. The molecule has 22 heavy (non-hydrogen) atoms. The molecule has 0 spiro atoms. The molecular formula is C15H24N4O2S. The fourth-order valence-corrected chi connectivity index (χ4v) is 2.47. The van der Waals surface area contributed by atoms with Crippen LogP contribution < -0.4 is 0 Å². The van der Waals surface area contributed by atoms with Gasteiger partial charge in [-0.05, 0) is 32.1 Å². The Morgan fingerprint density at radius 2 is 1.59 bits per heavy atom. The molecule has 0 aromatic carbocycles. The van der Waals surface area contributed by atoms with Gasteiger partial charge in [0.1, 0.15) is 0 Å². The highest BCUT2D eigenvalue weighted by atomic mass is 32.2. The maximum Gasteiger partial charge on any atom is 0.241 e. The van der Waals surface area contributed by atoms with E-state index in [0.717, 1.165) is 22.1 Å². The van der Waals surface area contributed by atoms with Crippen LogP contribution in [0.2, 0.25) is 0 Å². The van der Waals surface area contributed by atoms with E-state index in [1.54, 1.807) is 21.1 Å². The minimum absolute atomic E-state index is 0.0528. The van der Waals surface area contributed by atoms with E-state index in [0.29, 0.717) is 12.8 Å². The average Bonchev–Trinajstić information content (AvgIpc) is 2.45. The van der Waals surface area contributed by atoms with Gasteiger partial charge < -0.3 is 9.80 Å². The Morgan fingerprint density at radius 3 is 2.05 bits per heavy atom. The highest BCUT2D eigenvalue weighted by molar-refractivity contribution is 7.98. The molecule has 0 fully saturated rings. The standard InChI is InChI=1S/C15H24N4O2S/c1-10-12(11(2)17-15(16-10)22-6)7-8-13(20)19(5)9-14(21)18(3)4/h7-9H2,1-6H3. The largest absolute Gasteiger partial charge is 0.347 e. The van der Waals surface area contributed by atoms with Crippen molar-refractivity contribution in [2.24, 2.45) is 0 Å². The number of rotatable bonds is 6. The molecule has 1 rings (SSSR count). The summed E-state index contributed by atoms with van der Waals surface area (Å²) in [6.07, 6.45) is 2.88. The lowest BCUT2D eigenvalue weighted by molar-refractivity contribution is -0.137. The molecule has 1 aromatic rings. The Labute approximate surface area is 136 Å². The molecule has 0 N–H and O–H groups in total. The first-order valence-electron chi connectivity index (χ1n) is 7.08. The second-order valence-electron chi connectivity index (χ2n) is 5.40. The van der Waals surface area contributed by atoms with Crippen LogP contribution in [0.5, 0.6) is 0 Å². The van der Waals surface area contributed by atoms with Crippen LogP contribution in [-0.2, 0) is 16.0 Å². The van der Waals surface area contributed by atoms with Gasteiger partial charge in [0.25, 0.3) is 0 Å². The molecule has 0 unspecified atom stereocenters. The van der Waals surface area contributed by atoms with Gasteiger partial charge in [0, 0.05) is 39.0 Å². The minimum atomic E-state index is -0.0872. The number of carbonyl (C=O) groups is 2. The Kier molecular flexibility index (Phi) is 6.80. The third-order valence-electron chi connectivity index (χ3n) is 3.47. The smallest absolute Gasteiger partial charge is 0.241 e. The summed E-state index contributed by atoms with van der Waals surface area (Å²) in [5.74, 6) is -0.140. The summed E-state index contributed by atoms with van der Waals surface area (Å²) in [5, 5.41) is 0.749. The lowest BCUT2D eigenvalue weighted by atomic mass is 10.1. The van der Waals surface area contributed by atoms with E-state index in [9.17, 15) is 9.59 Å². The van der Waals surface area contributed by atoms with Crippen molar-refractivity contribution < 1.29 is 9.59 Å². The van der Waals surface area contributed by atoms with Gasteiger partial charge in [-0.3, -0.25) is 9.59 Å². The van der Waals surface area contributed by atoms with Crippen LogP contribution in [-0.4, -0.2) is 65.5 Å². The Morgan fingerprint density at radius 1 is 1.05 bits per heavy atom. The summed E-state index contributed by atoms with van der Waals surface area (Å²) in [6, 6.07) is 0. The van der Waals surface area contributed by atoms with Crippen molar-refractivity contribution in [2.45, 2.75) is 31.8 Å². The highest BCUT2D eigenvalue weighted by Crippen LogP contribution is 2.17. The number of nitrogens with zero attached hydrogens (tertiary/aromatic N) is 4. The molecule has 0 saturated carbocycles. The fourth-order valence-electron chi connectivity index (χ4n) is 2.02. The number of aromatic nitrogens is 2. The van der Waals surface area contributed by atoms with Crippen LogP contribution in [0, 0.1) is 13.8 Å². The Hall–Kier alpha value is -1.63. The summed E-state index contributed by atoms with van der Waals surface area (Å²) in [4.78, 5) is 35.5. The first kappa shape index (κ1) is 18.4. The molecule has 6 nitrogen and oxygen atoms in total. The van der Waals surface area contributed by atoms with Crippen LogP contribution in [0.3, 0.4) is 0 Å². The first-order chi connectivity index (χ1) is 10.3. The molecule has 1 aromatic heterocycles. The first-order valence-corrected chi connectivity index (χ1v) is 8.31. The van der Waals surface area contributed by atoms with Crippen molar-refractivity contribution >= 4 is 23.6 Å². The zero-order chi connectivity index (χ0) is 16.9.